The van der Waals surface area contributed by atoms with Gasteiger partial charge in [-0.1, -0.05) is 6.07 Å². The number of carbonyl (C=O) groups excluding carboxylic acids is 1. The van der Waals surface area contributed by atoms with Crippen LogP contribution >= 0.6 is 0 Å². The molecule has 1 heterocycles. The van der Waals surface area contributed by atoms with Gasteiger partial charge >= 0.3 is 5.97 Å². The zero-order valence-electron chi connectivity index (χ0n) is 11.0. The van der Waals surface area contributed by atoms with Crippen molar-refractivity contribution in [1.82, 2.24) is 0 Å². The Morgan fingerprint density at radius 1 is 1.53 bits per heavy atom. The summed E-state index contributed by atoms with van der Waals surface area (Å²) in [5.41, 5.74) is 2.84. The van der Waals surface area contributed by atoms with Gasteiger partial charge in [-0.3, -0.25) is 9.59 Å². The summed E-state index contributed by atoms with van der Waals surface area (Å²) in [6, 6.07) is 3.77. The van der Waals surface area contributed by atoms with Crippen LogP contribution in [0.2, 0.25) is 0 Å². The van der Waals surface area contributed by atoms with E-state index in [1.54, 1.807) is 7.11 Å². The monoisotopic (exact) mass is 263 g/mol. The second-order valence-electron chi connectivity index (χ2n) is 4.76. The quantitative estimate of drug-likeness (QED) is 0.871. The second kappa shape index (κ2) is 5.30. The fourth-order valence-corrected chi connectivity index (χ4v) is 2.40. The van der Waals surface area contributed by atoms with Crippen LogP contribution in [0.15, 0.2) is 12.1 Å². The van der Waals surface area contributed by atoms with Gasteiger partial charge in [0.05, 0.1) is 12.8 Å². The molecule has 0 saturated heterocycles. The number of ether oxygens (including phenoxy) is 1. The highest BCUT2D eigenvalue weighted by Crippen LogP contribution is 2.37. The molecule has 2 N–H and O–H groups in total. The molecule has 1 aliphatic rings. The molecule has 0 fully saturated rings. The maximum absolute atomic E-state index is 12.0. The first-order valence-corrected chi connectivity index (χ1v) is 6.22. The molecule has 0 aliphatic carbocycles. The SMILES string of the molecule is COc1ccc(C)c2c1NC(=O)C(CCC(=O)O)C2. The van der Waals surface area contributed by atoms with Crippen LogP contribution in [0.5, 0.6) is 5.75 Å². The minimum atomic E-state index is -0.874. The van der Waals surface area contributed by atoms with Crippen LogP contribution in [-0.4, -0.2) is 24.1 Å². The van der Waals surface area contributed by atoms with Crippen LogP contribution in [0.1, 0.15) is 24.0 Å². The van der Waals surface area contributed by atoms with Gasteiger partial charge in [-0.15, -0.1) is 0 Å². The first-order chi connectivity index (χ1) is 9.02. The third-order valence-electron chi connectivity index (χ3n) is 3.50. The zero-order valence-corrected chi connectivity index (χ0v) is 11.0. The Morgan fingerprint density at radius 3 is 2.89 bits per heavy atom. The van der Waals surface area contributed by atoms with E-state index in [9.17, 15) is 9.59 Å². The van der Waals surface area contributed by atoms with Gasteiger partial charge in [-0.2, -0.15) is 0 Å². The largest absolute Gasteiger partial charge is 0.495 e. The van der Waals surface area contributed by atoms with Gasteiger partial charge in [0.2, 0.25) is 5.91 Å². The smallest absolute Gasteiger partial charge is 0.303 e. The Labute approximate surface area is 111 Å². The molecule has 0 radical (unpaired) electrons. The minimum absolute atomic E-state index is 0.0104. The Hall–Kier alpha value is -2.04. The van der Waals surface area contributed by atoms with Crippen molar-refractivity contribution in [2.75, 3.05) is 12.4 Å². The molecule has 2 rings (SSSR count). The van der Waals surface area contributed by atoms with E-state index in [-0.39, 0.29) is 18.2 Å². The lowest BCUT2D eigenvalue weighted by Crippen LogP contribution is -2.31. The van der Waals surface area contributed by atoms with E-state index in [0.29, 0.717) is 18.6 Å². The standard InChI is InChI=1S/C14H17NO4/c1-8-3-5-11(19-2)13-10(8)7-9(14(18)15-13)4-6-12(16)17/h3,5,9H,4,6-7H2,1-2H3,(H,15,18)(H,16,17). The maximum atomic E-state index is 12.0. The summed E-state index contributed by atoms with van der Waals surface area (Å²) in [7, 11) is 1.56. The molecule has 5 nitrogen and oxygen atoms in total. The lowest BCUT2D eigenvalue weighted by Gasteiger charge is -2.27. The molecular formula is C14H17NO4. The zero-order chi connectivity index (χ0) is 14.0. The minimum Gasteiger partial charge on any atom is -0.495 e. The van der Waals surface area contributed by atoms with Crippen LogP contribution in [0.4, 0.5) is 5.69 Å². The molecule has 1 atom stereocenters. The molecule has 0 spiro atoms. The molecule has 0 bridgehead atoms. The number of benzene rings is 1. The molecule has 0 saturated carbocycles. The highest BCUT2D eigenvalue weighted by molar-refractivity contribution is 5.97. The Balaban J connectivity index is 2.27. The summed E-state index contributed by atoms with van der Waals surface area (Å²) in [5, 5.41) is 11.5. The van der Waals surface area contributed by atoms with Gasteiger partial charge in [0, 0.05) is 12.3 Å². The van der Waals surface area contributed by atoms with E-state index in [1.165, 1.54) is 0 Å². The summed E-state index contributed by atoms with van der Waals surface area (Å²) in [6.07, 6.45) is 0.936. The molecule has 19 heavy (non-hydrogen) atoms. The number of hydrogen-bond donors (Lipinski definition) is 2. The molecule has 102 valence electrons. The lowest BCUT2D eigenvalue weighted by molar-refractivity contribution is -0.137. The Kier molecular flexibility index (Phi) is 3.74. The number of carbonyl (C=O) groups is 2. The number of carboxylic acid groups (broad SMARTS) is 1. The number of anilines is 1. The van der Waals surface area contributed by atoms with Gasteiger partial charge in [-0.25, -0.2) is 0 Å². The summed E-state index contributed by atoms with van der Waals surface area (Å²) in [6.45, 7) is 1.98. The number of aryl methyl sites for hydroxylation is 1. The third-order valence-corrected chi connectivity index (χ3v) is 3.50. The van der Waals surface area contributed by atoms with Crippen molar-refractivity contribution in [3.8, 4) is 5.75 Å². The molecule has 5 heteroatoms. The van der Waals surface area contributed by atoms with Gasteiger partial charge in [0.15, 0.2) is 0 Å². The third kappa shape index (κ3) is 2.70. The average molecular weight is 263 g/mol. The van der Waals surface area contributed by atoms with E-state index in [2.05, 4.69) is 5.32 Å². The number of fused-ring (bicyclic) bond motifs is 1. The topological polar surface area (TPSA) is 75.6 Å². The number of rotatable bonds is 4. The van der Waals surface area contributed by atoms with Gasteiger partial charge in [-0.05, 0) is 37.0 Å². The molecule has 1 aromatic rings. The lowest BCUT2D eigenvalue weighted by atomic mass is 9.87. The van der Waals surface area contributed by atoms with Crippen LogP contribution in [0.3, 0.4) is 0 Å². The van der Waals surface area contributed by atoms with E-state index in [1.807, 2.05) is 19.1 Å². The van der Waals surface area contributed by atoms with Crippen molar-refractivity contribution in [2.24, 2.45) is 5.92 Å². The highest BCUT2D eigenvalue weighted by atomic mass is 16.5. The molecule has 1 unspecified atom stereocenters. The van der Waals surface area contributed by atoms with Crippen LogP contribution < -0.4 is 10.1 Å². The number of carboxylic acids is 1. The number of methoxy groups -OCH3 is 1. The van der Waals surface area contributed by atoms with Crippen molar-refractivity contribution in [3.05, 3.63) is 23.3 Å². The van der Waals surface area contributed by atoms with Crippen molar-refractivity contribution in [3.63, 3.8) is 0 Å². The molecule has 1 aliphatic heterocycles. The molecule has 1 amide bonds. The first kappa shape index (κ1) is 13.4. The van der Waals surface area contributed by atoms with Crippen molar-refractivity contribution in [2.45, 2.75) is 26.2 Å². The number of nitrogens with one attached hydrogen (secondary N) is 1. The van der Waals surface area contributed by atoms with Crippen LogP contribution in [0.25, 0.3) is 0 Å². The van der Waals surface area contributed by atoms with Crippen LogP contribution in [-0.2, 0) is 16.0 Å². The number of hydrogen-bond acceptors (Lipinski definition) is 3. The van der Waals surface area contributed by atoms with E-state index in [0.717, 1.165) is 16.8 Å². The summed E-state index contributed by atoms with van der Waals surface area (Å²) in [4.78, 5) is 22.6. The number of amides is 1. The van der Waals surface area contributed by atoms with E-state index >= 15 is 0 Å². The van der Waals surface area contributed by atoms with Crippen LogP contribution in [0, 0.1) is 12.8 Å². The summed E-state index contributed by atoms with van der Waals surface area (Å²) < 4.78 is 5.24. The summed E-state index contributed by atoms with van der Waals surface area (Å²) >= 11 is 0. The second-order valence-corrected chi connectivity index (χ2v) is 4.76. The first-order valence-electron chi connectivity index (χ1n) is 6.22. The Morgan fingerprint density at radius 2 is 2.26 bits per heavy atom. The fourth-order valence-electron chi connectivity index (χ4n) is 2.40. The van der Waals surface area contributed by atoms with Gasteiger partial charge in [0.25, 0.3) is 0 Å². The van der Waals surface area contributed by atoms with Gasteiger partial charge < -0.3 is 15.2 Å². The van der Waals surface area contributed by atoms with Crippen molar-refractivity contribution in [1.29, 1.82) is 0 Å². The van der Waals surface area contributed by atoms with Crippen molar-refractivity contribution >= 4 is 17.6 Å². The summed E-state index contributed by atoms with van der Waals surface area (Å²) in [5.74, 6) is -0.640. The van der Waals surface area contributed by atoms with Crippen molar-refractivity contribution < 1.29 is 19.4 Å². The normalized spacial score (nSPS) is 17.6. The highest BCUT2D eigenvalue weighted by Gasteiger charge is 2.29. The predicted molar refractivity (Wildman–Crippen MR) is 70.4 cm³/mol. The fraction of sp³-hybridized carbons (Fsp3) is 0.429. The van der Waals surface area contributed by atoms with E-state index in [4.69, 9.17) is 9.84 Å². The maximum Gasteiger partial charge on any atom is 0.303 e. The van der Waals surface area contributed by atoms with E-state index < -0.39 is 5.97 Å². The number of aliphatic carboxylic acids is 1. The molecular weight excluding hydrogens is 246 g/mol. The molecule has 0 aromatic heterocycles. The predicted octanol–water partition coefficient (Wildman–Crippen LogP) is 1.98. The average Bonchev–Trinajstić information content (AvgIpc) is 2.37. The van der Waals surface area contributed by atoms with Gasteiger partial charge in [0.1, 0.15) is 5.75 Å². The Bertz CT molecular complexity index is 524. The molecule has 1 aromatic carbocycles.